The van der Waals surface area contributed by atoms with Gasteiger partial charge < -0.3 is 10.2 Å². The Hall–Kier alpha value is -1.93. The number of anilines is 2. The number of aromatic nitrogens is 2. The average Bonchev–Trinajstić information content (AvgIpc) is 3.22. The van der Waals surface area contributed by atoms with Crippen LogP contribution in [0.5, 0.6) is 0 Å². The number of hydrogen-bond donors (Lipinski definition) is 1. The predicted molar refractivity (Wildman–Crippen MR) is 101 cm³/mol. The van der Waals surface area contributed by atoms with Gasteiger partial charge in [-0.3, -0.25) is 9.59 Å². The molecule has 1 aliphatic rings. The molecule has 1 aromatic carbocycles. The van der Waals surface area contributed by atoms with E-state index in [1.165, 1.54) is 11.3 Å². The summed E-state index contributed by atoms with van der Waals surface area (Å²) < 4.78 is 0.858. The highest BCUT2D eigenvalue weighted by molar-refractivity contribution is 8.01. The van der Waals surface area contributed by atoms with E-state index in [1.54, 1.807) is 16.7 Å². The number of benzene rings is 1. The second-order valence-electron chi connectivity index (χ2n) is 5.81. The monoisotopic (exact) mass is 376 g/mol. The number of carbonyl (C=O) groups excluding carboxylic acids is 2. The Morgan fingerprint density at radius 3 is 2.92 bits per heavy atom. The Bertz CT molecular complexity index is 735. The molecular weight excluding hydrogens is 356 g/mol. The summed E-state index contributed by atoms with van der Waals surface area (Å²) in [5.41, 5.74) is 0.827. The van der Waals surface area contributed by atoms with E-state index in [2.05, 4.69) is 22.4 Å². The van der Waals surface area contributed by atoms with Crippen molar-refractivity contribution in [1.82, 2.24) is 10.2 Å². The van der Waals surface area contributed by atoms with E-state index in [4.69, 9.17) is 0 Å². The lowest BCUT2D eigenvalue weighted by molar-refractivity contribution is -0.122. The second kappa shape index (κ2) is 8.44. The van der Waals surface area contributed by atoms with E-state index in [1.807, 2.05) is 30.3 Å². The minimum Gasteiger partial charge on any atom is -0.312 e. The van der Waals surface area contributed by atoms with Crippen molar-refractivity contribution in [2.24, 2.45) is 5.92 Å². The molecule has 25 heavy (non-hydrogen) atoms. The van der Waals surface area contributed by atoms with Crippen LogP contribution in [0.25, 0.3) is 0 Å². The van der Waals surface area contributed by atoms with Gasteiger partial charge in [-0.2, -0.15) is 0 Å². The molecule has 2 heterocycles. The molecule has 2 amide bonds. The average molecular weight is 377 g/mol. The molecule has 132 valence electrons. The van der Waals surface area contributed by atoms with Crippen molar-refractivity contribution >= 4 is 45.7 Å². The van der Waals surface area contributed by atoms with Crippen molar-refractivity contribution in [1.29, 1.82) is 0 Å². The van der Waals surface area contributed by atoms with Crippen LogP contribution in [0.15, 0.2) is 34.7 Å². The minimum absolute atomic E-state index is 0.0283. The summed E-state index contributed by atoms with van der Waals surface area (Å²) in [5, 5.41) is 11.4. The van der Waals surface area contributed by atoms with Gasteiger partial charge in [0.25, 0.3) is 0 Å². The highest BCUT2D eigenvalue weighted by atomic mass is 32.2. The zero-order valence-electron chi connectivity index (χ0n) is 14.0. The number of carbonyl (C=O) groups is 2. The van der Waals surface area contributed by atoms with Gasteiger partial charge in [-0.1, -0.05) is 54.6 Å². The lowest BCUT2D eigenvalue weighted by atomic mass is 10.1. The summed E-state index contributed by atoms with van der Waals surface area (Å²) in [5.74, 6) is 0.433. The zero-order chi connectivity index (χ0) is 17.6. The highest BCUT2D eigenvalue weighted by Crippen LogP contribution is 2.28. The summed E-state index contributed by atoms with van der Waals surface area (Å²) in [6.07, 6.45) is 2.49. The molecule has 0 radical (unpaired) electrons. The molecule has 0 saturated carbocycles. The van der Waals surface area contributed by atoms with Gasteiger partial charge >= 0.3 is 0 Å². The van der Waals surface area contributed by atoms with Gasteiger partial charge in [0.05, 0.1) is 5.92 Å². The van der Waals surface area contributed by atoms with Crippen LogP contribution in [0.3, 0.4) is 0 Å². The molecule has 1 fully saturated rings. The Labute approximate surface area is 155 Å². The maximum atomic E-state index is 12.4. The first kappa shape index (κ1) is 17.9. The molecule has 1 saturated heterocycles. The van der Waals surface area contributed by atoms with Gasteiger partial charge in [0, 0.05) is 24.4 Å². The van der Waals surface area contributed by atoms with Crippen LogP contribution in [0.2, 0.25) is 0 Å². The van der Waals surface area contributed by atoms with Crippen molar-refractivity contribution < 1.29 is 9.59 Å². The number of thioether (sulfide) groups is 1. The predicted octanol–water partition coefficient (Wildman–Crippen LogP) is 3.42. The largest absolute Gasteiger partial charge is 0.312 e. The van der Waals surface area contributed by atoms with Gasteiger partial charge in [-0.15, -0.1) is 10.2 Å². The van der Waals surface area contributed by atoms with Crippen LogP contribution in [0.4, 0.5) is 10.8 Å². The molecule has 1 aliphatic heterocycles. The maximum Gasteiger partial charge on any atom is 0.231 e. The van der Waals surface area contributed by atoms with Crippen LogP contribution in [-0.2, 0) is 9.59 Å². The van der Waals surface area contributed by atoms with Gasteiger partial charge in [-0.05, 0) is 18.6 Å². The fraction of sp³-hybridized carbons (Fsp3) is 0.412. The third-order valence-electron chi connectivity index (χ3n) is 3.92. The summed E-state index contributed by atoms with van der Waals surface area (Å²) in [7, 11) is 0. The first-order chi connectivity index (χ1) is 12.2. The number of rotatable bonds is 7. The lowest BCUT2D eigenvalue weighted by Gasteiger charge is -2.16. The van der Waals surface area contributed by atoms with Gasteiger partial charge in [0.1, 0.15) is 0 Å². The third kappa shape index (κ3) is 4.58. The topological polar surface area (TPSA) is 75.2 Å². The normalized spacial score (nSPS) is 17.1. The SMILES string of the molecule is CCCCSc1nnc(NC(=O)[C@@H]2CC(=O)N(c3ccccc3)C2)s1. The Morgan fingerprint density at radius 1 is 1.36 bits per heavy atom. The molecular formula is C17H20N4O2S2. The summed E-state index contributed by atoms with van der Waals surface area (Å²) in [6, 6.07) is 9.43. The van der Waals surface area contributed by atoms with Crippen LogP contribution in [0, 0.1) is 5.92 Å². The van der Waals surface area contributed by atoms with E-state index < -0.39 is 0 Å². The van der Waals surface area contributed by atoms with E-state index >= 15 is 0 Å². The smallest absolute Gasteiger partial charge is 0.231 e. The summed E-state index contributed by atoms with van der Waals surface area (Å²) >= 11 is 3.03. The molecule has 2 aromatic rings. The van der Waals surface area contributed by atoms with Crippen LogP contribution in [0.1, 0.15) is 26.2 Å². The first-order valence-electron chi connectivity index (χ1n) is 8.30. The van der Waals surface area contributed by atoms with Crippen molar-refractivity contribution in [2.45, 2.75) is 30.5 Å². The standard InChI is InChI=1S/C17H20N4O2S2/c1-2-3-9-24-17-20-19-16(25-17)18-15(23)12-10-14(22)21(11-12)13-7-5-4-6-8-13/h4-8,12H,2-3,9-11H2,1H3,(H,18,19,23)/t12-/m1/s1. The first-order valence-corrected chi connectivity index (χ1v) is 10.1. The highest BCUT2D eigenvalue weighted by Gasteiger charge is 2.35. The molecule has 1 aromatic heterocycles. The quantitative estimate of drug-likeness (QED) is 0.455. The zero-order valence-corrected chi connectivity index (χ0v) is 15.6. The Kier molecular flexibility index (Phi) is 6.04. The molecule has 0 bridgehead atoms. The number of nitrogens with one attached hydrogen (secondary N) is 1. The van der Waals surface area contributed by atoms with Crippen molar-refractivity contribution in [3.63, 3.8) is 0 Å². The van der Waals surface area contributed by atoms with Crippen LogP contribution >= 0.6 is 23.1 Å². The van der Waals surface area contributed by atoms with E-state index in [0.717, 1.165) is 28.6 Å². The molecule has 3 rings (SSSR count). The van der Waals surface area contributed by atoms with Crippen LogP contribution < -0.4 is 10.2 Å². The van der Waals surface area contributed by atoms with Crippen molar-refractivity contribution in [3.8, 4) is 0 Å². The molecule has 1 N–H and O–H groups in total. The molecule has 6 nitrogen and oxygen atoms in total. The van der Waals surface area contributed by atoms with E-state index in [9.17, 15) is 9.59 Å². The van der Waals surface area contributed by atoms with Crippen molar-refractivity contribution in [3.05, 3.63) is 30.3 Å². The molecule has 0 unspecified atom stereocenters. The van der Waals surface area contributed by atoms with E-state index in [0.29, 0.717) is 11.7 Å². The fourth-order valence-electron chi connectivity index (χ4n) is 2.57. The van der Waals surface area contributed by atoms with Gasteiger partial charge in [-0.25, -0.2) is 0 Å². The summed E-state index contributed by atoms with van der Waals surface area (Å²) in [6.45, 7) is 2.54. The second-order valence-corrected chi connectivity index (χ2v) is 8.12. The minimum atomic E-state index is -0.368. The van der Waals surface area contributed by atoms with Crippen LogP contribution in [-0.4, -0.2) is 34.3 Å². The van der Waals surface area contributed by atoms with E-state index in [-0.39, 0.29) is 24.2 Å². The Morgan fingerprint density at radius 2 is 2.16 bits per heavy atom. The lowest BCUT2D eigenvalue weighted by Crippen LogP contribution is -2.28. The third-order valence-corrected chi connectivity index (χ3v) is 5.98. The molecule has 0 aliphatic carbocycles. The number of nitrogens with zero attached hydrogens (tertiary/aromatic N) is 3. The fourth-order valence-corrected chi connectivity index (χ4v) is 4.48. The summed E-state index contributed by atoms with van der Waals surface area (Å²) in [4.78, 5) is 26.3. The van der Waals surface area contributed by atoms with Gasteiger partial charge in [0.2, 0.25) is 16.9 Å². The molecule has 1 atom stereocenters. The molecule has 8 heteroatoms. The number of para-hydroxylation sites is 1. The number of hydrogen-bond acceptors (Lipinski definition) is 6. The number of amides is 2. The maximum absolute atomic E-state index is 12.4. The van der Waals surface area contributed by atoms with Gasteiger partial charge in [0.15, 0.2) is 4.34 Å². The molecule has 0 spiro atoms. The number of unbranched alkanes of at least 4 members (excludes halogenated alkanes) is 1. The Balaban J connectivity index is 1.56. The van der Waals surface area contributed by atoms with Crippen molar-refractivity contribution in [2.75, 3.05) is 22.5 Å².